The third-order valence-electron chi connectivity index (χ3n) is 4.87. The third kappa shape index (κ3) is 4.40. The highest BCUT2D eigenvalue weighted by Crippen LogP contribution is 2.35. The van der Waals surface area contributed by atoms with Crippen molar-refractivity contribution in [3.63, 3.8) is 0 Å². The number of aliphatic hydroxyl groups is 4. The molecule has 2 aromatic rings. The van der Waals surface area contributed by atoms with Crippen molar-refractivity contribution in [3.8, 4) is 22.6 Å². The first-order valence-corrected chi connectivity index (χ1v) is 9.23. The van der Waals surface area contributed by atoms with E-state index in [0.29, 0.717) is 11.3 Å². The number of benzene rings is 2. The molecule has 0 spiro atoms. The SMILES string of the molecule is COC(=O)c1cccc(-c2ccc(O[C@H]3O[C@H](CO)[C@@H](O)C(O)C3O)c(OC)c2)c1. The van der Waals surface area contributed by atoms with Crippen LogP contribution < -0.4 is 9.47 Å². The zero-order valence-electron chi connectivity index (χ0n) is 16.5. The summed E-state index contributed by atoms with van der Waals surface area (Å²) in [6.45, 7) is -0.558. The molecule has 0 bridgehead atoms. The second kappa shape index (κ2) is 9.41. The van der Waals surface area contributed by atoms with Crippen molar-refractivity contribution < 1.29 is 44.2 Å². The van der Waals surface area contributed by atoms with E-state index in [9.17, 15) is 25.2 Å². The van der Waals surface area contributed by atoms with Gasteiger partial charge >= 0.3 is 5.97 Å². The molecule has 1 heterocycles. The van der Waals surface area contributed by atoms with Crippen LogP contribution in [0.3, 0.4) is 0 Å². The van der Waals surface area contributed by atoms with E-state index in [1.54, 1.807) is 36.4 Å². The van der Waals surface area contributed by atoms with E-state index in [2.05, 4.69) is 0 Å². The van der Waals surface area contributed by atoms with Gasteiger partial charge in [-0.05, 0) is 35.4 Å². The zero-order valence-corrected chi connectivity index (χ0v) is 16.5. The summed E-state index contributed by atoms with van der Waals surface area (Å²) in [5, 5.41) is 39.3. The molecule has 2 aromatic carbocycles. The van der Waals surface area contributed by atoms with Gasteiger partial charge in [-0.2, -0.15) is 0 Å². The Morgan fingerprint density at radius 2 is 1.70 bits per heavy atom. The standard InChI is InChI=1S/C21H24O9/c1-27-15-9-12(11-4-3-5-13(8-11)20(26)28-2)6-7-14(15)29-21-19(25)18(24)17(23)16(10-22)30-21/h3-9,16-19,21-25H,10H2,1-2H3/t16-,17-,18?,19?,21+/m1/s1. The molecule has 1 saturated heterocycles. The Morgan fingerprint density at radius 3 is 2.37 bits per heavy atom. The van der Waals surface area contributed by atoms with Crippen LogP contribution in [0.2, 0.25) is 0 Å². The minimum absolute atomic E-state index is 0.217. The summed E-state index contributed by atoms with van der Waals surface area (Å²) in [6.07, 6.45) is -6.98. The molecule has 9 heteroatoms. The molecule has 0 saturated carbocycles. The first-order chi connectivity index (χ1) is 14.4. The minimum atomic E-state index is -1.55. The number of ether oxygens (including phenoxy) is 4. The predicted molar refractivity (Wildman–Crippen MR) is 104 cm³/mol. The van der Waals surface area contributed by atoms with Crippen LogP contribution in [0.4, 0.5) is 0 Å². The lowest BCUT2D eigenvalue weighted by molar-refractivity contribution is -0.277. The fourth-order valence-corrected chi connectivity index (χ4v) is 3.18. The van der Waals surface area contributed by atoms with Gasteiger partial charge in [-0.3, -0.25) is 0 Å². The average Bonchev–Trinajstić information content (AvgIpc) is 2.79. The molecule has 5 atom stereocenters. The maximum atomic E-state index is 11.8. The van der Waals surface area contributed by atoms with Crippen molar-refractivity contribution in [2.75, 3.05) is 20.8 Å². The van der Waals surface area contributed by atoms with E-state index in [1.807, 2.05) is 6.07 Å². The summed E-state index contributed by atoms with van der Waals surface area (Å²) in [5.74, 6) is 0.0778. The van der Waals surface area contributed by atoms with Gasteiger partial charge in [0.25, 0.3) is 0 Å². The van der Waals surface area contributed by atoms with Gasteiger partial charge in [-0.1, -0.05) is 18.2 Å². The molecule has 9 nitrogen and oxygen atoms in total. The second-order valence-electron chi connectivity index (χ2n) is 6.75. The molecular formula is C21H24O9. The highest BCUT2D eigenvalue weighted by molar-refractivity contribution is 5.91. The minimum Gasteiger partial charge on any atom is -0.493 e. The van der Waals surface area contributed by atoms with Crippen LogP contribution in [-0.2, 0) is 9.47 Å². The van der Waals surface area contributed by atoms with Crippen molar-refractivity contribution in [1.82, 2.24) is 0 Å². The molecular weight excluding hydrogens is 396 g/mol. The van der Waals surface area contributed by atoms with Crippen molar-refractivity contribution in [3.05, 3.63) is 48.0 Å². The summed E-state index contributed by atoms with van der Waals surface area (Å²) >= 11 is 0. The lowest BCUT2D eigenvalue weighted by atomic mass is 9.99. The summed E-state index contributed by atoms with van der Waals surface area (Å²) in [6, 6.07) is 11.8. The first kappa shape index (κ1) is 22.0. The summed E-state index contributed by atoms with van der Waals surface area (Å²) in [7, 11) is 2.74. The highest BCUT2D eigenvalue weighted by atomic mass is 16.7. The van der Waals surface area contributed by atoms with Crippen LogP contribution in [0, 0.1) is 0 Å². The van der Waals surface area contributed by atoms with Gasteiger partial charge < -0.3 is 39.4 Å². The van der Waals surface area contributed by atoms with E-state index in [1.165, 1.54) is 14.2 Å². The number of rotatable bonds is 6. The fourth-order valence-electron chi connectivity index (χ4n) is 3.18. The van der Waals surface area contributed by atoms with Crippen LogP contribution in [0.1, 0.15) is 10.4 Å². The topological polar surface area (TPSA) is 135 Å². The van der Waals surface area contributed by atoms with Crippen molar-refractivity contribution in [2.45, 2.75) is 30.7 Å². The van der Waals surface area contributed by atoms with Gasteiger partial charge in [0.1, 0.15) is 24.4 Å². The first-order valence-electron chi connectivity index (χ1n) is 9.23. The van der Waals surface area contributed by atoms with Crippen LogP contribution in [0.5, 0.6) is 11.5 Å². The number of aliphatic hydroxyl groups excluding tert-OH is 4. The van der Waals surface area contributed by atoms with Crippen LogP contribution in [0.25, 0.3) is 11.1 Å². The quantitative estimate of drug-likeness (QED) is 0.488. The Morgan fingerprint density at radius 1 is 0.967 bits per heavy atom. The lowest BCUT2D eigenvalue weighted by Gasteiger charge is -2.39. The maximum Gasteiger partial charge on any atom is 0.337 e. The number of hydrogen-bond donors (Lipinski definition) is 4. The van der Waals surface area contributed by atoms with E-state index >= 15 is 0 Å². The van der Waals surface area contributed by atoms with Crippen LogP contribution in [-0.4, -0.2) is 77.9 Å². The summed E-state index contributed by atoms with van der Waals surface area (Å²) < 4.78 is 21.1. The number of carbonyl (C=O) groups excluding carboxylic acids is 1. The zero-order chi connectivity index (χ0) is 21.8. The Kier molecular flexibility index (Phi) is 6.91. The third-order valence-corrected chi connectivity index (χ3v) is 4.87. The van der Waals surface area contributed by atoms with E-state index in [-0.39, 0.29) is 5.75 Å². The second-order valence-corrected chi connectivity index (χ2v) is 6.75. The molecule has 0 aliphatic carbocycles. The number of methoxy groups -OCH3 is 2. The van der Waals surface area contributed by atoms with Gasteiger partial charge in [0.05, 0.1) is 26.4 Å². The van der Waals surface area contributed by atoms with Gasteiger partial charge in [-0.15, -0.1) is 0 Å². The lowest BCUT2D eigenvalue weighted by Crippen LogP contribution is -2.60. The summed E-state index contributed by atoms with van der Waals surface area (Å²) in [5.41, 5.74) is 1.88. The smallest absolute Gasteiger partial charge is 0.337 e. The van der Waals surface area contributed by atoms with E-state index in [0.717, 1.165) is 11.1 Å². The molecule has 1 aliphatic heterocycles. The Bertz CT molecular complexity index is 883. The average molecular weight is 420 g/mol. The summed E-state index contributed by atoms with van der Waals surface area (Å²) in [4.78, 5) is 11.8. The molecule has 0 aromatic heterocycles. The normalized spacial score (nSPS) is 26.1. The number of esters is 1. The van der Waals surface area contributed by atoms with Crippen molar-refractivity contribution >= 4 is 5.97 Å². The van der Waals surface area contributed by atoms with Gasteiger partial charge in [0.2, 0.25) is 6.29 Å². The molecule has 30 heavy (non-hydrogen) atoms. The van der Waals surface area contributed by atoms with Gasteiger partial charge in [-0.25, -0.2) is 4.79 Å². The van der Waals surface area contributed by atoms with Crippen molar-refractivity contribution in [1.29, 1.82) is 0 Å². The molecule has 1 aliphatic rings. The van der Waals surface area contributed by atoms with E-state index < -0.39 is 43.3 Å². The van der Waals surface area contributed by atoms with Crippen molar-refractivity contribution in [2.24, 2.45) is 0 Å². The Labute approximate surface area is 173 Å². The fraction of sp³-hybridized carbons (Fsp3) is 0.381. The van der Waals surface area contributed by atoms with Crippen LogP contribution in [0.15, 0.2) is 42.5 Å². The number of hydrogen-bond acceptors (Lipinski definition) is 9. The molecule has 4 N–H and O–H groups in total. The van der Waals surface area contributed by atoms with Crippen LogP contribution >= 0.6 is 0 Å². The molecule has 162 valence electrons. The molecule has 0 amide bonds. The molecule has 2 unspecified atom stereocenters. The number of carbonyl (C=O) groups is 1. The predicted octanol–water partition coefficient (Wildman–Crippen LogP) is 0.327. The Hall–Kier alpha value is -2.69. The molecule has 0 radical (unpaired) electrons. The van der Waals surface area contributed by atoms with Gasteiger partial charge in [0.15, 0.2) is 11.5 Å². The molecule has 1 fully saturated rings. The maximum absolute atomic E-state index is 11.8. The van der Waals surface area contributed by atoms with E-state index in [4.69, 9.17) is 18.9 Å². The Balaban J connectivity index is 1.85. The highest BCUT2D eigenvalue weighted by Gasteiger charge is 2.44. The monoisotopic (exact) mass is 420 g/mol. The largest absolute Gasteiger partial charge is 0.493 e. The molecule has 3 rings (SSSR count). The van der Waals surface area contributed by atoms with Gasteiger partial charge in [0, 0.05) is 0 Å².